The SMILES string of the molecule is CC1=CC(CC(CC(=O)OC(C)(C)C)c2nccn2Cc2ccc(C(C)(C)C)cc2)=CC2C=[N+](COCC[Si](C)(C)C)N=C12. The molecule has 44 heavy (non-hydrogen) atoms. The van der Waals surface area contributed by atoms with E-state index in [4.69, 9.17) is 19.6 Å². The zero-order valence-corrected chi connectivity index (χ0v) is 29.6. The number of ether oxygens (including phenoxy) is 2. The molecule has 0 bridgehead atoms. The molecule has 8 heteroatoms. The summed E-state index contributed by atoms with van der Waals surface area (Å²) in [6.07, 6.45) is 11.4. The van der Waals surface area contributed by atoms with Crippen LogP contribution in [-0.4, -0.2) is 59.1 Å². The van der Waals surface area contributed by atoms with Gasteiger partial charge in [0.15, 0.2) is 6.21 Å². The van der Waals surface area contributed by atoms with Gasteiger partial charge in [0.25, 0.3) is 6.73 Å². The Labute approximate surface area is 265 Å². The minimum absolute atomic E-state index is 0.0962. The number of imidazole rings is 1. The molecule has 7 nitrogen and oxygen atoms in total. The van der Waals surface area contributed by atoms with Crippen molar-refractivity contribution in [3.05, 3.63) is 76.9 Å². The molecule has 1 aliphatic heterocycles. The minimum atomic E-state index is -1.13. The number of esters is 1. The van der Waals surface area contributed by atoms with Crippen LogP contribution in [0.15, 0.2) is 65.1 Å². The molecular weight excluding hydrogens is 565 g/mol. The molecule has 1 aromatic heterocycles. The number of nitrogens with zero attached hydrogens (tertiary/aromatic N) is 4. The van der Waals surface area contributed by atoms with Gasteiger partial charge in [-0.1, -0.05) is 81.5 Å². The van der Waals surface area contributed by atoms with Crippen molar-refractivity contribution in [3.8, 4) is 0 Å². The summed E-state index contributed by atoms with van der Waals surface area (Å²) in [7, 11) is -1.13. The van der Waals surface area contributed by atoms with Gasteiger partial charge >= 0.3 is 5.97 Å². The van der Waals surface area contributed by atoms with Crippen molar-refractivity contribution in [1.82, 2.24) is 9.55 Å². The van der Waals surface area contributed by atoms with Crippen LogP contribution in [0.1, 0.15) is 84.2 Å². The average Bonchev–Trinajstić information content (AvgIpc) is 3.51. The average molecular weight is 618 g/mol. The Morgan fingerprint density at radius 3 is 2.43 bits per heavy atom. The maximum atomic E-state index is 13.1. The first kappa shape index (κ1) is 33.8. The molecule has 1 aliphatic carbocycles. The lowest BCUT2D eigenvalue weighted by molar-refractivity contribution is -0.567. The van der Waals surface area contributed by atoms with E-state index >= 15 is 0 Å². The molecule has 4 rings (SSSR count). The zero-order chi connectivity index (χ0) is 32.3. The second-order valence-corrected chi connectivity index (χ2v) is 21.2. The van der Waals surface area contributed by atoms with Crippen molar-refractivity contribution in [2.24, 2.45) is 11.0 Å². The highest BCUT2D eigenvalue weighted by molar-refractivity contribution is 6.76. The maximum absolute atomic E-state index is 13.1. The first-order valence-electron chi connectivity index (χ1n) is 16.0. The van der Waals surface area contributed by atoms with Crippen LogP contribution in [0.25, 0.3) is 0 Å². The predicted molar refractivity (Wildman–Crippen MR) is 182 cm³/mol. The fourth-order valence-electron chi connectivity index (χ4n) is 5.57. The molecule has 2 aromatic rings. The van der Waals surface area contributed by atoms with Gasteiger partial charge in [0.05, 0.1) is 13.0 Å². The van der Waals surface area contributed by atoms with E-state index in [1.165, 1.54) is 16.7 Å². The van der Waals surface area contributed by atoms with Gasteiger partial charge in [0.1, 0.15) is 23.1 Å². The van der Waals surface area contributed by atoms with E-state index in [1.807, 2.05) is 37.8 Å². The molecule has 0 radical (unpaired) electrons. The summed E-state index contributed by atoms with van der Waals surface area (Å²) in [6, 6.07) is 9.95. The third-order valence-electron chi connectivity index (χ3n) is 7.91. The Kier molecular flexibility index (Phi) is 10.4. The summed E-state index contributed by atoms with van der Waals surface area (Å²) in [5.41, 5.74) is 5.46. The Morgan fingerprint density at radius 2 is 1.80 bits per heavy atom. The van der Waals surface area contributed by atoms with E-state index in [0.29, 0.717) is 19.7 Å². The van der Waals surface area contributed by atoms with E-state index in [2.05, 4.69) is 94.5 Å². The van der Waals surface area contributed by atoms with Crippen LogP contribution < -0.4 is 0 Å². The second kappa shape index (κ2) is 13.5. The summed E-state index contributed by atoms with van der Waals surface area (Å²) in [5.74, 6) is 0.652. The number of hydrogen-bond acceptors (Lipinski definition) is 5. The van der Waals surface area contributed by atoms with Gasteiger partial charge in [-0.3, -0.25) is 4.79 Å². The van der Waals surface area contributed by atoms with Gasteiger partial charge in [0.2, 0.25) is 0 Å². The predicted octanol–water partition coefficient (Wildman–Crippen LogP) is 7.70. The minimum Gasteiger partial charge on any atom is -0.460 e. The number of aromatic nitrogens is 2. The molecule has 1 aromatic carbocycles. The summed E-state index contributed by atoms with van der Waals surface area (Å²) in [6.45, 7) is 23.6. The van der Waals surface area contributed by atoms with Gasteiger partial charge in [-0.15, -0.1) is 0 Å². The number of hydrogen-bond donors (Lipinski definition) is 0. The van der Waals surface area contributed by atoms with E-state index in [9.17, 15) is 4.79 Å². The lowest BCUT2D eigenvalue weighted by Gasteiger charge is -2.24. The monoisotopic (exact) mass is 617 g/mol. The van der Waals surface area contributed by atoms with Gasteiger partial charge in [-0.25, -0.2) is 4.98 Å². The van der Waals surface area contributed by atoms with Crippen LogP contribution in [0.4, 0.5) is 0 Å². The Morgan fingerprint density at radius 1 is 1.09 bits per heavy atom. The maximum Gasteiger partial charge on any atom is 0.307 e. The molecule has 0 saturated heterocycles. The second-order valence-electron chi connectivity index (χ2n) is 15.6. The molecule has 2 aliphatic rings. The normalized spacial score (nSPS) is 17.8. The molecule has 2 heterocycles. The number of carbonyl (C=O) groups excluding carboxylic acids is 1. The van der Waals surface area contributed by atoms with Crippen LogP contribution in [0.3, 0.4) is 0 Å². The topological polar surface area (TPSA) is 68.7 Å². The zero-order valence-electron chi connectivity index (χ0n) is 28.6. The molecule has 0 N–H and O–H groups in total. The number of allylic oxidation sites excluding steroid dienone is 4. The van der Waals surface area contributed by atoms with Crippen LogP contribution in [0.5, 0.6) is 0 Å². The first-order valence-corrected chi connectivity index (χ1v) is 19.7. The van der Waals surface area contributed by atoms with Gasteiger partial charge in [-0.05, 0) is 72.9 Å². The summed E-state index contributed by atoms with van der Waals surface area (Å²) in [5, 5.41) is 4.84. The number of rotatable bonds is 12. The molecule has 2 atom stereocenters. The highest BCUT2D eigenvalue weighted by Gasteiger charge is 2.33. The van der Waals surface area contributed by atoms with E-state index in [0.717, 1.165) is 29.8 Å². The van der Waals surface area contributed by atoms with Crippen LogP contribution in [0, 0.1) is 5.92 Å². The highest BCUT2D eigenvalue weighted by atomic mass is 28.3. The number of carbonyl (C=O) groups is 1. The summed E-state index contributed by atoms with van der Waals surface area (Å²) in [4.78, 5) is 17.9. The highest BCUT2D eigenvalue weighted by Crippen LogP contribution is 2.33. The smallest absolute Gasteiger partial charge is 0.307 e. The van der Waals surface area contributed by atoms with Gasteiger partial charge < -0.3 is 14.0 Å². The van der Waals surface area contributed by atoms with Crippen molar-refractivity contribution in [3.63, 3.8) is 0 Å². The van der Waals surface area contributed by atoms with Crippen molar-refractivity contribution < 1.29 is 19.0 Å². The standard InChI is InChI=1S/C36H53N4O3Si/c1-26-19-28(21-30-24-40(38-33(26)30)25-42-17-18-44(8,9)10)20-29(22-32(41)43-36(5,6)7)34-37-15-16-39(34)23-27-11-13-31(14-12-27)35(2,3)4/h11-16,19,21,24,29-30H,17-18,20,22-23,25H2,1-10H3/q+1. The van der Waals surface area contributed by atoms with Gasteiger partial charge in [0, 0.05) is 32.9 Å². The molecule has 2 unspecified atom stereocenters. The molecule has 238 valence electrons. The van der Waals surface area contributed by atoms with E-state index in [-0.39, 0.29) is 29.6 Å². The van der Waals surface area contributed by atoms with Crippen molar-refractivity contribution in [2.75, 3.05) is 13.3 Å². The third-order valence-corrected chi connectivity index (χ3v) is 9.61. The van der Waals surface area contributed by atoms with Crippen molar-refractivity contribution in [1.29, 1.82) is 0 Å². The van der Waals surface area contributed by atoms with E-state index in [1.54, 1.807) is 0 Å². The van der Waals surface area contributed by atoms with Crippen LogP contribution >= 0.6 is 0 Å². The summed E-state index contributed by atoms with van der Waals surface area (Å²) < 4.78 is 15.8. The van der Waals surface area contributed by atoms with Crippen molar-refractivity contribution in [2.45, 2.75) is 110 Å². The quantitative estimate of drug-likeness (QED) is 0.106. The molecule has 0 fully saturated rings. The third kappa shape index (κ3) is 9.70. The molecular formula is C36H53N4O3Si+. The van der Waals surface area contributed by atoms with E-state index < -0.39 is 13.7 Å². The Balaban J connectivity index is 1.53. The number of fused-ring (bicyclic) bond motifs is 1. The fourth-order valence-corrected chi connectivity index (χ4v) is 6.33. The van der Waals surface area contributed by atoms with Crippen LogP contribution in [0.2, 0.25) is 25.7 Å². The van der Waals surface area contributed by atoms with Crippen molar-refractivity contribution >= 4 is 26.0 Å². The lowest BCUT2D eigenvalue weighted by atomic mass is 9.85. The Bertz CT molecular complexity index is 1440. The first-order chi connectivity index (χ1) is 20.5. The molecule has 0 saturated carbocycles. The van der Waals surface area contributed by atoms with Gasteiger partial charge in [-0.2, -0.15) is 0 Å². The largest absolute Gasteiger partial charge is 0.460 e. The number of benzene rings is 1. The Hall–Kier alpha value is -3.10. The van der Waals surface area contributed by atoms with Crippen LogP contribution in [-0.2, 0) is 26.2 Å². The lowest BCUT2D eigenvalue weighted by Crippen LogP contribution is -2.26. The molecule has 0 amide bonds. The summed E-state index contributed by atoms with van der Waals surface area (Å²) >= 11 is 0. The number of hydrazone groups is 1. The molecule has 0 spiro atoms. The fraction of sp³-hybridized carbons (Fsp3) is 0.556.